The Morgan fingerprint density at radius 3 is 1.21 bits per heavy atom. The average Bonchev–Trinajstić information content (AvgIpc) is 2.83. The monoisotopic (exact) mass is 695 g/mol. The number of carboxylic acids is 4. The summed E-state index contributed by atoms with van der Waals surface area (Å²) in [5, 5.41) is 37.3. The zero-order chi connectivity index (χ0) is 28.1. The molecule has 0 radical (unpaired) electrons. The summed E-state index contributed by atoms with van der Waals surface area (Å²) in [6, 6.07) is 8.38. The molecule has 1 fully saturated rings. The van der Waals surface area contributed by atoms with Crippen molar-refractivity contribution >= 4 is 35.5 Å². The Hall–Kier alpha value is -2.27. The average molecular weight is 695 g/mol. The number of benzene rings is 1. The molecule has 4 N–H and O–H groups in total. The number of carboxylic acid groups (broad SMARTS) is 4. The first-order chi connectivity index (χ1) is 18.0. The first-order valence-corrected chi connectivity index (χ1v) is 12.2. The second-order valence-electron chi connectivity index (χ2n) is 8.99. The maximum Gasteiger partial charge on any atom is 0.323 e. The van der Waals surface area contributed by atoms with Crippen LogP contribution in [0.1, 0.15) is 0 Å². The number of carbonyl (C=O) groups excluding carboxylic acids is 1. The topological polar surface area (TPSA) is 182 Å². The van der Waals surface area contributed by atoms with Crippen LogP contribution in [-0.2, 0) is 24.0 Å². The minimum atomic E-state index is -1.18. The maximum atomic E-state index is 13.2. The van der Waals surface area contributed by atoms with Gasteiger partial charge in [-0.25, -0.2) is 0 Å². The molecule has 2 rings (SSSR count). The van der Waals surface area contributed by atoms with Crippen molar-refractivity contribution in [3.63, 3.8) is 0 Å². The minimum Gasteiger partial charge on any atom is -0.480 e. The number of nitrogens with zero attached hydrogens (tertiary/aromatic N) is 5. The van der Waals surface area contributed by atoms with Gasteiger partial charge in [-0.15, -0.1) is 0 Å². The van der Waals surface area contributed by atoms with Crippen LogP contribution >= 0.6 is 0 Å². The predicted molar refractivity (Wildman–Crippen MR) is 135 cm³/mol. The van der Waals surface area contributed by atoms with Gasteiger partial charge in [-0.1, -0.05) is 18.2 Å². The summed E-state index contributed by atoms with van der Waals surface area (Å²) in [5.74, 6) is -4.78. The first kappa shape index (κ1) is 34.8. The van der Waals surface area contributed by atoms with Crippen molar-refractivity contribution in [2.24, 2.45) is 0 Å². The molecule has 0 aliphatic carbocycles. The Labute approximate surface area is 258 Å². The molecule has 0 unspecified atom stereocenters. The molecule has 1 heterocycles. The van der Waals surface area contributed by atoms with Crippen LogP contribution in [0.2, 0.25) is 0 Å². The van der Waals surface area contributed by atoms with Crippen LogP contribution in [0, 0.1) is 39.9 Å². The van der Waals surface area contributed by atoms with E-state index in [1.807, 2.05) is 0 Å². The summed E-state index contributed by atoms with van der Waals surface area (Å²) in [5.41, 5.74) is 0.424. The molecule has 0 aromatic heterocycles. The molecule has 0 saturated carbocycles. The van der Waals surface area contributed by atoms with Gasteiger partial charge < -0.3 is 25.3 Å². The third kappa shape index (κ3) is 14.1. The van der Waals surface area contributed by atoms with Crippen molar-refractivity contribution in [1.82, 2.24) is 19.6 Å². The number of amides is 1. The summed E-state index contributed by atoms with van der Waals surface area (Å²) in [7, 11) is 0. The van der Waals surface area contributed by atoms with E-state index >= 15 is 0 Å². The Morgan fingerprint density at radius 1 is 0.564 bits per heavy atom. The van der Waals surface area contributed by atoms with Gasteiger partial charge in [0.25, 0.3) is 0 Å². The number of para-hydroxylation sites is 1. The van der Waals surface area contributed by atoms with Crippen LogP contribution in [0.4, 0.5) is 5.69 Å². The molecule has 218 valence electrons. The molecule has 1 amide bonds. The second-order valence-corrected chi connectivity index (χ2v) is 8.99. The standard InChI is InChI=1S/C24H35N5O9.Gd/c30-20(29(18-24(37)38)19-4-2-1-3-5-19)14-25-6-8-26(15-21(31)32)10-12-28(17-23(35)36)13-11-27(9-7-25)16-22(33)34;/h1-5H,6-18H2,(H,31,32)(H,33,34)(H,35,36)(H,37,38);. The van der Waals surface area contributed by atoms with Crippen LogP contribution in [0.3, 0.4) is 0 Å². The molecule has 1 saturated heterocycles. The van der Waals surface area contributed by atoms with Crippen molar-refractivity contribution in [3.8, 4) is 0 Å². The Morgan fingerprint density at radius 2 is 0.897 bits per heavy atom. The van der Waals surface area contributed by atoms with E-state index in [2.05, 4.69) is 0 Å². The number of anilines is 1. The Bertz CT molecular complexity index is 937. The zero-order valence-corrected chi connectivity index (χ0v) is 23.8. The van der Waals surface area contributed by atoms with E-state index in [4.69, 9.17) is 0 Å². The zero-order valence-electron chi connectivity index (χ0n) is 21.5. The number of carbonyl (C=O) groups is 5. The summed E-state index contributed by atoms with van der Waals surface area (Å²) in [6.45, 7) is 0.565. The van der Waals surface area contributed by atoms with Gasteiger partial charge in [0.2, 0.25) is 5.91 Å². The first-order valence-electron chi connectivity index (χ1n) is 12.2. The maximum absolute atomic E-state index is 13.2. The molecule has 0 bridgehead atoms. The van der Waals surface area contributed by atoms with E-state index in [1.165, 1.54) is 0 Å². The summed E-state index contributed by atoms with van der Waals surface area (Å²) < 4.78 is 0. The van der Waals surface area contributed by atoms with Crippen LogP contribution in [0.25, 0.3) is 0 Å². The molecule has 1 aromatic rings. The van der Waals surface area contributed by atoms with Crippen molar-refractivity contribution in [1.29, 1.82) is 0 Å². The van der Waals surface area contributed by atoms with Crippen LogP contribution in [0.15, 0.2) is 30.3 Å². The quantitative estimate of drug-likeness (QED) is 0.212. The summed E-state index contributed by atoms with van der Waals surface area (Å²) in [4.78, 5) is 66.6. The smallest absolute Gasteiger partial charge is 0.323 e. The van der Waals surface area contributed by atoms with E-state index in [1.54, 1.807) is 49.9 Å². The molecule has 1 aliphatic heterocycles. The molecular formula is C24H35GdN5O9. The van der Waals surface area contributed by atoms with Crippen LogP contribution in [-0.4, -0.2) is 155 Å². The predicted octanol–water partition coefficient (Wildman–Crippen LogP) is -1.42. The van der Waals surface area contributed by atoms with Gasteiger partial charge in [0.1, 0.15) is 6.54 Å². The van der Waals surface area contributed by atoms with Gasteiger partial charge in [-0.2, -0.15) is 0 Å². The van der Waals surface area contributed by atoms with Crippen LogP contribution in [0.5, 0.6) is 0 Å². The molecule has 39 heavy (non-hydrogen) atoms. The third-order valence-electron chi connectivity index (χ3n) is 6.03. The van der Waals surface area contributed by atoms with E-state index < -0.39 is 36.3 Å². The normalized spacial score (nSPS) is 16.7. The fourth-order valence-electron chi connectivity index (χ4n) is 4.13. The molecule has 15 heteroatoms. The van der Waals surface area contributed by atoms with Gasteiger partial charge in [0.15, 0.2) is 0 Å². The second kappa shape index (κ2) is 18.2. The number of rotatable bonds is 11. The molecule has 1 aromatic carbocycles. The van der Waals surface area contributed by atoms with E-state index in [-0.39, 0.29) is 118 Å². The van der Waals surface area contributed by atoms with Gasteiger partial charge in [-0.05, 0) is 12.1 Å². The van der Waals surface area contributed by atoms with Gasteiger partial charge in [-0.3, -0.25) is 43.6 Å². The van der Waals surface area contributed by atoms with E-state index in [9.17, 15) is 44.4 Å². The molecule has 14 nitrogen and oxygen atoms in total. The summed E-state index contributed by atoms with van der Waals surface area (Å²) in [6.07, 6.45) is 0. The minimum absolute atomic E-state index is 0. The number of hydrogen-bond acceptors (Lipinski definition) is 9. The largest absolute Gasteiger partial charge is 0.480 e. The summed E-state index contributed by atoms with van der Waals surface area (Å²) >= 11 is 0. The molecular weight excluding hydrogens is 660 g/mol. The Kier molecular flexibility index (Phi) is 16.2. The SMILES string of the molecule is O=C(O)CN1CCN(CC(=O)O)CCN(CC(=O)N(CC(=O)O)c2ccccc2)CCN(CC(=O)O)CC1.[Gd]. The molecule has 1 aliphatic rings. The third-order valence-corrected chi connectivity index (χ3v) is 6.03. The van der Waals surface area contributed by atoms with E-state index in [0.29, 0.717) is 5.69 Å². The fourth-order valence-corrected chi connectivity index (χ4v) is 4.13. The Balaban J connectivity index is 0.00000760. The molecule has 0 spiro atoms. The van der Waals surface area contributed by atoms with Gasteiger partial charge in [0.05, 0.1) is 26.2 Å². The number of hydrogen-bond donors (Lipinski definition) is 4. The fraction of sp³-hybridized carbons (Fsp3) is 0.542. The number of aliphatic carboxylic acids is 4. The van der Waals surface area contributed by atoms with Crippen molar-refractivity contribution < 1.29 is 84.3 Å². The van der Waals surface area contributed by atoms with Gasteiger partial charge in [0, 0.05) is 98.0 Å². The van der Waals surface area contributed by atoms with Crippen LogP contribution < -0.4 is 4.90 Å². The van der Waals surface area contributed by atoms with Crippen molar-refractivity contribution in [2.75, 3.05) is 90.0 Å². The van der Waals surface area contributed by atoms with Crippen molar-refractivity contribution in [3.05, 3.63) is 30.3 Å². The molecule has 0 atom stereocenters. The van der Waals surface area contributed by atoms with E-state index in [0.717, 1.165) is 4.90 Å². The van der Waals surface area contributed by atoms with Crippen molar-refractivity contribution in [2.45, 2.75) is 0 Å². The van der Waals surface area contributed by atoms with Gasteiger partial charge >= 0.3 is 23.9 Å².